The second-order valence-corrected chi connectivity index (χ2v) is 6.00. The smallest absolute Gasteiger partial charge is 0.253 e. The molecule has 0 aliphatic carbocycles. The van der Waals surface area contributed by atoms with Crippen molar-refractivity contribution in [2.45, 2.75) is 18.2 Å². The normalized spacial score (nSPS) is 20.4. The van der Waals surface area contributed by atoms with E-state index in [1.54, 1.807) is 23.1 Å². The van der Waals surface area contributed by atoms with Gasteiger partial charge in [0.1, 0.15) is 0 Å². The summed E-state index contributed by atoms with van der Waals surface area (Å²) in [6, 6.07) is 5.25. The van der Waals surface area contributed by atoms with E-state index in [1.807, 2.05) is 0 Å². The molecule has 5 heteroatoms. The maximum absolute atomic E-state index is 12.2. The van der Waals surface area contributed by atoms with E-state index in [9.17, 15) is 4.79 Å². The van der Waals surface area contributed by atoms with Crippen molar-refractivity contribution in [2.75, 3.05) is 13.1 Å². The lowest BCUT2D eigenvalue weighted by atomic mass is 10.1. The molecular weight excluding hydrogens is 325 g/mol. The van der Waals surface area contributed by atoms with Gasteiger partial charge in [-0.3, -0.25) is 4.79 Å². The van der Waals surface area contributed by atoms with Gasteiger partial charge in [0.15, 0.2) is 0 Å². The minimum absolute atomic E-state index is 0.00440. The van der Waals surface area contributed by atoms with Crippen LogP contribution in [-0.4, -0.2) is 29.3 Å². The Hall–Kier alpha value is -0.250. The molecule has 17 heavy (non-hydrogen) atoms. The van der Waals surface area contributed by atoms with Crippen molar-refractivity contribution in [1.82, 2.24) is 4.90 Å². The van der Waals surface area contributed by atoms with Crippen LogP contribution in [0, 0.1) is 0 Å². The summed E-state index contributed by atoms with van der Waals surface area (Å²) in [5, 5.41) is 0.619. The highest BCUT2D eigenvalue weighted by atomic mass is 79.9. The molecule has 0 aromatic heterocycles. The fourth-order valence-electron chi connectivity index (χ4n) is 1.92. The summed E-state index contributed by atoms with van der Waals surface area (Å²) < 4.78 is 0.796. The van der Waals surface area contributed by atoms with Crippen molar-refractivity contribution in [3.8, 4) is 0 Å². The summed E-state index contributed by atoms with van der Waals surface area (Å²) in [6.45, 7) is 1.39. The van der Waals surface area contributed by atoms with Crippen LogP contribution in [0.5, 0.6) is 0 Å². The Morgan fingerprint density at radius 2 is 2.24 bits per heavy atom. The number of carbonyl (C=O) groups is 1. The first kappa shape index (κ1) is 13.2. The molecule has 0 saturated carbocycles. The molecule has 0 radical (unpaired) electrons. The van der Waals surface area contributed by atoms with Crippen molar-refractivity contribution in [2.24, 2.45) is 0 Å². The first-order valence-corrected chi connectivity index (χ1v) is 7.07. The topological polar surface area (TPSA) is 20.3 Å². The standard InChI is InChI=1S/C12H12BrCl2NO/c13-10-4-3-8(6-11(10)15)12(17)16-5-1-2-9(14)7-16/h3-4,6,9H,1-2,5,7H2. The van der Waals surface area contributed by atoms with Crippen LogP contribution in [-0.2, 0) is 0 Å². The molecule has 1 unspecified atom stereocenters. The van der Waals surface area contributed by atoms with Crippen LogP contribution in [0.2, 0.25) is 5.02 Å². The molecule has 1 amide bonds. The second kappa shape index (κ2) is 5.59. The van der Waals surface area contributed by atoms with Crippen LogP contribution in [0.4, 0.5) is 0 Å². The molecule has 2 rings (SSSR count). The van der Waals surface area contributed by atoms with Gasteiger partial charge in [0.2, 0.25) is 0 Å². The highest BCUT2D eigenvalue weighted by Crippen LogP contribution is 2.25. The molecule has 1 aromatic carbocycles. The fraction of sp³-hybridized carbons (Fsp3) is 0.417. The number of halogens is 3. The highest BCUT2D eigenvalue weighted by molar-refractivity contribution is 9.10. The number of likely N-dealkylation sites (tertiary alicyclic amines) is 1. The molecule has 1 atom stereocenters. The van der Waals surface area contributed by atoms with E-state index >= 15 is 0 Å². The van der Waals surface area contributed by atoms with Gasteiger partial charge < -0.3 is 4.90 Å². The van der Waals surface area contributed by atoms with Crippen LogP contribution in [0.3, 0.4) is 0 Å². The van der Waals surface area contributed by atoms with Gasteiger partial charge in [-0.25, -0.2) is 0 Å². The third-order valence-electron chi connectivity index (χ3n) is 2.82. The molecule has 1 heterocycles. The zero-order valence-corrected chi connectivity index (χ0v) is 12.2. The van der Waals surface area contributed by atoms with E-state index in [-0.39, 0.29) is 11.3 Å². The first-order chi connectivity index (χ1) is 8.08. The second-order valence-electron chi connectivity index (χ2n) is 4.12. The minimum Gasteiger partial charge on any atom is -0.337 e. The van der Waals surface area contributed by atoms with E-state index in [2.05, 4.69) is 15.9 Å². The number of carbonyl (C=O) groups excluding carboxylic acids is 1. The number of hydrogen-bond acceptors (Lipinski definition) is 1. The Bertz CT molecular complexity index is 439. The van der Waals surface area contributed by atoms with Crippen LogP contribution in [0.1, 0.15) is 23.2 Å². The summed E-state index contributed by atoms with van der Waals surface area (Å²) >= 11 is 15.4. The van der Waals surface area contributed by atoms with E-state index in [1.165, 1.54) is 0 Å². The van der Waals surface area contributed by atoms with Crippen molar-refractivity contribution in [1.29, 1.82) is 0 Å². The van der Waals surface area contributed by atoms with Gasteiger partial charge in [-0.1, -0.05) is 11.6 Å². The summed E-state index contributed by atoms with van der Waals surface area (Å²) in [6.07, 6.45) is 1.94. The zero-order chi connectivity index (χ0) is 12.4. The average Bonchev–Trinajstić information content (AvgIpc) is 2.32. The molecule has 1 aromatic rings. The molecule has 92 valence electrons. The lowest BCUT2D eigenvalue weighted by molar-refractivity contribution is 0.0727. The molecule has 0 N–H and O–H groups in total. The van der Waals surface area contributed by atoms with E-state index in [0.717, 1.165) is 23.9 Å². The molecule has 1 aliphatic heterocycles. The average molecular weight is 337 g/mol. The Balaban J connectivity index is 2.15. The van der Waals surface area contributed by atoms with Crippen molar-refractivity contribution >= 4 is 45.0 Å². The van der Waals surface area contributed by atoms with Gasteiger partial charge in [-0.2, -0.15) is 0 Å². The lowest BCUT2D eigenvalue weighted by Gasteiger charge is -2.29. The maximum atomic E-state index is 12.2. The monoisotopic (exact) mass is 335 g/mol. The quantitative estimate of drug-likeness (QED) is 0.711. The minimum atomic E-state index is 0.00440. The van der Waals surface area contributed by atoms with Crippen LogP contribution in [0.15, 0.2) is 22.7 Å². The molecule has 0 spiro atoms. The SMILES string of the molecule is O=C(c1ccc(Br)c(Cl)c1)N1CCCC(Cl)C1. The molecule has 1 aliphatic rings. The third kappa shape index (κ3) is 3.15. The number of piperidine rings is 1. The summed E-state index contributed by atoms with van der Waals surface area (Å²) in [5.41, 5.74) is 0.615. The molecule has 0 bridgehead atoms. The molecular formula is C12H12BrCl2NO. The van der Waals surface area contributed by atoms with Crippen molar-refractivity contribution < 1.29 is 4.79 Å². The highest BCUT2D eigenvalue weighted by Gasteiger charge is 2.23. The van der Waals surface area contributed by atoms with Crippen molar-refractivity contribution in [3.05, 3.63) is 33.3 Å². The van der Waals surface area contributed by atoms with Crippen molar-refractivity contribution in [3.63, 3.8) is 0 Å². The summed E-state index contributed by atoms with van der Waals surface area (Å²) in [5.74, 6) is 0.00440. The zero-order valence-electron chi connectivity index (χ0n) is 9.13. The molecule has 1 saturated heterocycles. The molecule has 2 nitrogen and oxygen atoms in total. The maximum Gasteiger partial charge on any atom is 0.253 e. The van der Waals surface area contributed by atoms with Crippen LogP contribution < -0.4 is 0 Å². The number of benzene rings is 1. The lowest BCUT2D eigenvalue weighted by Crippen LogP contribution is -2.40. The van der Waals surface area contributed by atoms with E-state index in [0.29, 0.717) is 17.1 Å². The van der Waals surface area contributed by atoms with E-state index < -0.39 is 0 Å². The van der Waals surface area contributed by atoms with Gasteiger partial charge in [0.05, 0.1) is 10.4 Å². The van der Waals surface area contributed by atoms with Gasteiger partial charge in [0, 0.05) is 23.1 Å². The fourth-order valence-corrected chi connectivity index (χ4v) is 2.67. The Morgan fingerprint density at radius 3 is 2.88 bits per heavy atom. The van der Waals surface area contributed by atoms with Gasteiger partial charge in [-0.15, -0.1) is 11.6 Å². The Kier molecular flexibility index (Phi) is 4.34. The number of nitrogens with zero attached hydrogens (tertiary/aromatic N) is 1. The van der Waals surface area contributed by atoms with Gasteiger partial charge in [0.25, 0.3) is 5.91 Å². The molecule has 1 fully saturated rings. The van der Waals surface area contributed by atoms with Crippen LogP contribution in [0.25, 0.3) is 0 Å². The van der Waals surface area contributed by atoms with Crippen LogP contribution >= 0.6 is 39.1 Å². The Morgan fingerprint density at radius 1 is 1.47 bits per heavy atom. The van der Waals surface area contributed by atoms with Gasteiger partial charge in [-0.05, 0) is 47.0 Å². The predicted molar refractivity (Wildman–Crippen MR) is 73.9 cm³/mol. The third-order valence-corrected chi connectivity index (χ3v) is 4.41. The number of amides is 1. The first-order valence-electron chi connectivity index (χ1n) is 5.46. The summed E-state index contributed by atoms with van der Waals surface area (Å²) in [7, 11) is 0. The Labute approximate surface area is 119 Å². The van der Waals surface area contributed by atoms with E-state index in [4.69, 9.17) is 23.2 Å². The predicted octanol–water partition coefficient (Wildman–Crippen LogP) is 3.95. The number of rotatable bonds is 1. The number of hydrogen-bond donors (Lipinski definition) is 0. The largest absolute Gasteiger partial charge is 0.337 e. The van der Waals surface area contributed by atoms with Gasteiger partial charge >= 0.3 is 0 Å². The number of alkyl halides is 1. The summed E-state index contributed by atoms with van der Waals surface area (Å²) in [4.78, 5) is 14.0.